The Morgan fingerprint density at radius 2 is 2.00 bits per heavy atom. The third-order valence-corrected chi connectivity index (χ3v) is 3.32. The van der Waals surface area contributed by atoms with Crippen LogP contribution in [0.3, 0.4) is 0 Å². The quantitative estimate of drug-likeness (QED) is 0.729. The molecule has 122 valence electrons. The average molecular weight is 309 g/mol. The van der Waals surface area contributed by atoms with Crippen LogP contribution in [0.1, 0.15) is 31.7 Å². The summed E-state index contributed by atoms with van der Waals surface area (Å²) in [5, 5.41) is 11.7. The van der Waals surface area contributed by atoms with E-state index in [1.807, 2.05) is 6.92 Å². The lowest BCUT2D eigenvalue weighted by Crippen LogP contribution is -2.41. The van der Waals surface area contributed by atoms with Gasteiger partial charge in [-0.25, -0.2) is 4.79 Å². The van der Waals surface area contributed by atoms with Gasteiger partial charge < -0.3 is 19.9 Å². The van der Waals surface area contributed by atoms with E-state index in [0.29, 0.717) is 23.5 Å². The summed E-state index contributed by atoms with van der Waals surface area (Å²) in [7, 11) is 3.06. The van der Waals surface area contributed by atoms with Crippen molar-refractivity contribution in [2.24, 2.45) is 0 Å². The van der Waals surface area contributed by atoms with Gasteiger partial charge in [0.1, 0.15) is 17.5 Å². The molecule has 0 aliphatic carbocycles. The SMILES string of the molecule is CCCCC(NC(=O)Cc1cc(OC)ccc1OC)C(=O)O. The van der Waals surface area contributed by atoms with Crippen molar-refractivity contribution in [2.45, 2.75) is 38.6 Å². The number of nitrogens with one attached hydrogen (secondary N) is 1. The average Bonchev–Trinajstić information content (AvgIpc) is 2.50. The van der Waals surface area contributed by atoms with E-state index in [4.69, 9.17) is 14.6 Å². The highest BCUT2D eigenvalue weighted by Gasteiger charge is 2.20. The Bertz CT molecular complexity index is 515. The minimum atomic E-state index is -1.01. The number of carbonyl (C=O) groups excluding carboxylic acids is 1. The highest BCUT2D eigenvalue weighted by atomic mass is 16.5. The fourth-order valence-corrected chi connectivity index (χ4v) is 2.10. The van der Waals surface area contributed by atoms with Crippen LogP contribution in [0.25, 0.3) is 0 Å². The summed E-state index contributed by atoms with van der Waals surface area (Å²) >= 11 is 0. The number of aliphatic carboxylic acids is 1. The van der Waals surface area contributed by atoms with Crippen LogP contribution >= 0.6 is 0 Å². The Kier molecular flexibility index (Phi) is 7.22. The maximum Gasteiger partial charge on any atom is 0.326 e. The zero-order valence-electron chi connectivity index (χ0n) is 13.2. The molecule has 0 saturated carbocycles. The molecular weight excluding hydrogens is 286 g/mol. The fraction of sp³-hybridized carbons (Fsp3) is 0.500. The van der Waals surface area contributed by atoms with Gasteiger partial charge in [-0.15, -0.1) is 0 Å². The predicted octanol–water partition coefficient (Wildman–Crippen LogP) is 2.01. The molecule has 2 N–H and O–H groups in total. The largest absolute Gasteiger partial charge is 0.497 e. The van der Waals surface area contributed by atoms with Gasteiger partial charge in [-0.3, -0.25) is 4.79 Å². The maximum absolute atomic E-state index is 12.1. The molecule has 0 bridgehead atoms. The maximum atomic E-state index is 12.1. The van der Waals surface area contributed by atoms with Crippen LogP contribution in [0.2, 0.25) is 0 Å². The smallest absolute Gasteiger partial charge is 0.326 e. The number of ether oxygens (including phenoxy) is 2. The van der Waals surface area contributed by atoms with Gasteiger partial charge in [-0.1, -0.05) is 19.8 Å². The van der Waals surface area contributed by atoms with Crippen LogP contribution in [0.15, 0.2) is 18.2 Å². The molecule has 0 radical (unpaired) electrons. The minimum Gasteiger partial charge on any atom is -0.497 e. The lowest BCUT2D eigenvalue weighted by atomic mass is 10.1. The number of carboxylic acid groups (broad SMARTS) is 1. The number of hydrogen-bond donors (Lipinski definition) is 2. The molecule has 0 saturated heterocycles. The number of unbranched alkanes of at least 4 members (excludes halogenated alkanes) is 1. The van der Waals surface area contributed by atoms with E-state index >= 15 is 0 Å². The Morgan fingerprint density at radius 1 is 1.27 bits per heavy atom. The first kappa shape index (κ1) is 17.8. The van der Waals surface area contributed by atoms with Gasteiger partial charge in [0.05, 0.1) is 20.6 Å². The van der Waals surface area contributed by atoms with Gasteiger partial charge in [0.25, 0.3) is 0 Å². The normalized spacial score (nSPS) is 11.6. The molecule has 0 aliphatic rings. The Hall–Kier alpha value is -2.24. The summed E-state index contributed by atoms with van der Waals surface area (Å²) in [4.78, 5) is 23.2. The van der Waals surface area contributed by atoms with Crippen molar-refractivity contribution in [1.82, 2.24) is 5.32 Å². The van der Waals surface area contributed by atoms with Crippen molar-refractivity contribution < 1.29 is 24.2 Å². The topological polar surface area (TPSA) is 84.9 Å². The molecule has 0 spiro atoms. The summed E-state index contributed by atoms with van der Waals surface area (Å²) in [5.41, 5.74) is 0.652. The zero-order valence-corrected chi connectivity index (χ0v) is 13.2. The molecule has 0 aromatic heterocycles. The van der Waals surface area contributed by atoms with Gasteiger partial charge >= 0.3 is 5.97 Å². The minimum absolute atomic E-state index is 0.0380. The molecule has 1 atom stereocenters. The van der Waals surface area contributed by atoms with Gasteiger partial charge in [0.15, 0.2) is 0 Å². The first-order chi connectivity index (χ1) is 10.5. The van der Waals surface area contributed by atoms with E-state index in [9.17, 15) is 9.59 Å². The summed E-state index contributed by atoms with van der Waals surface area (Å²) in [6.07, 6.45) is 2.09. The van der Waals surface area contributed by atoms with E-state index in [1.54, 1.807) is 18.2 Å². The van der Waals surface area contributed by atoms with E-state index in [1.165, 1.54) is 14.2 Å². The first-order valence-corrected chi connectivity index (χ1v) is 7.24. The highest BCUT2D eigenvalue weighted by Crippen LogP contribution is 2.24. The molecule has 1 aromatic carbocycles. The molecule has 1 aromatic rings. The van der Waals surface area contributed by atoms with E-state index in [0.717, 1.165) is 12.8 Å². The van der Waals surface area contributed by atoms with Crippen molar-refractivity contribution in [3.63, 3.8) is 0 Å². The van der Waals surface area contributed by atoms with Crippen LogP contribution in [0.5, 0.6) is 11.5 Å². The third kappa shape index (κ3) is 5.27. The second-order valence-corrected chi connectivity index (χ2v) is 4.96. The lowest BCUT2D eigenvalue weighted by Gasteiger charge is -2.15. The Balaban J connectivity index is 2.76. The number of carboxylic acids is 1. The number of carbonyl (C=O) groups is 2. The molecule has 0 fully saturated rings. The van der Waals surface area contributed by atoms with Gasteiger partial charge in [0.2, 0.25) is 5.91 Å². The second-order valence-electron chi connectivity index (χ2n) is 4.96. The number of rotatable bonds is 9. The third-order valence-electron chi connectivity index (χ3n) is 3.32. The van der Waals surface area contributed by atoms with Crippen LogP contribution < -0.4 is 14.8 Å². The molecule has 0 aliphatic heterocycles. The molecule has 1 unspecified atom stereocenters. The van der Waals surface area contributed by atoms with E-state index < -0.39 is 12.0 Å². The van der Waals surface area contributed by atoms with Crippen molar-refractivity contribution in [2.75, 3.05) is 14.2 Å². The summed E-state index contributed by atoms with van der Waals surface area (Å²) in [5.74, 6) is -0.185. The summed E-state index contributed by atoms with van der Waals surface area (Å²) in [6.45, 7) is 1.97. The zero-order chi connectivity index (χ0) is 16.5. The lowest BCUT2D eigenvalue weighted by molar-refractivity contribution is -0.142. The first-order valence-electron chi connectivity index (χ1n) is 7.24. The van der Waals surface area contributed by atoms with Crippen LogP contribution in [0, 0.1) is 0 Å². The standard InChI is InChI=1S/C16H23NO5/c1-4-5-6-13(16(19)20)17-15(18)10-11-9-12(21-2)7-8-14(11)22-3/h7-9,13H,4-6,10H2,1-3H3,(H,17,18)(H,19,20). The van der Waals surface area contributed by atoms with Crippen LogP contribution in [0.4, 0.5) is 0 Å². The molecule has 6 heteroatoms. The summed E-state index contributed by atoms with van der Waals surface area (Å²) < 4.78 is 10.3. The Morgan fingerprint density at radius 3 is 2.55 bits per heavy atom. The van der Waals surface area contributed by atoms with Crippen molar-refractivity contribution in [1.29, 1.82) is 0 Å². The van der Waals surface area contributed by atoms with E-state index in [-0.39, 0.29) is 12.3 Å². The van der Waals surface area contributed by atoms with Crippen molar-refractivity contribution in [3.05, 3.63) is 23.8 Å². The molecule has 0 heterocycles. The fourth-order valence-electron chi connectivity index (χ4n) is 2.10. The Labute approximate surface area is 130 Å². The predicted molar refractivity (Wildman–Crippen MR) is 82.3 cm³/mol. The van der Waals surface area contributed by atoms with Crippen molar-refractivity contribution >= 4 is 11.9 Å². The molecular formula is C16H23NO5. The second kappa shape index (κ2) is 8.92. The van der Waals surface area contributed by atoms with E-state index in [2.05, 4.69) is 5.32 Å². The highest BCUT2D eigenvalue weighted by molar-refractivity contribution is 5.85. The number of hydrogen-bond acceptors (Lipinski definition) is 4. The van der Waals surface area contributed by atoms with Gasteiger partial charge in [-0.2, -0.15) is 0 Å². The molecule has 1 rings (SSSR count). The molecule has 22 heavy (non-hydrogen) atoms. The number of methoxy groups -OCH3 is 2. The van der Waals surface area contributed by atoms with Gasteiger partial charge in [0, 0.05) is 5.56 Å². The van der Waals surface area contributed by atoms with Gasteiger partial charge in [-0.05, 0) is 24.6 Å². The van der Waals surface area contributed by atoms with Crippen LogP contribution in [-0.2, 0) is 16.0 Å². The number of benzene rings is 1. The van der Waals surface area contributed by atoms with Crippen LogP contribution in [-0.4, -0.2) is 37.2 Å². The number of amides is 1. The monoisotopic (exact) mass is 309 g/mol. The molecule has 1 amide bonds. The molecule has 6 nitrogen and oxygen atoms in total. The van der Waals surface area contributed by atoms with Crippen molar-refractivity contribution in [3.8, 4) is 11.5 Å². The summed E-state index contributed by atoms with van der Waals surface area (Å²) in [6, 6.07) is 4.30.